The van der Waals surface area contributed by atoms with Crippen LogP contribution in [0.4, 0.5) is 5.95 Å². The highest BCUT2D eigenvalue weighted by Crippen LogP contribution is 2.23. The number of carbonyl (C=O) groups excluding carboxylic acids is 1. The van der Waals surface area contributed by atoms with Crippen molar-refractivity contribution in [2.75, 3.05) is 25.0 Å². The first-order chi connectivity index (χ1) is 12.0. The van der Waals surface area contributed by atoms with E-state index in [1.54, 1.807) is 11.7 Å². The number of hydrogen-bond acceptors (Lipinski definition) is 5. The number of hydrogen-bond donors (Lipinski definition) is 2. The Labute approximate surface area is 159 Å². The van der Waals surface area contributed by atoms with Gasteiger partial charge in [0, 0.05) is 13.0 Å². The topological polar surface area (TPSA) is 81.1 Å². The highest BCUT2D eigenvalue weighted by Gasteiger charge is 2.21. The molecule has 1 aliphatic rings. The lowest BCUT2D eigenvalue weighted by Gasteiger charge is -2.19. The Morgan fingerprint density at radius 2 is 2.08 bits per heavy atom. The molecule has 3 rings (SSSR count). The summed E-state index contributed by atoms with van der Waals surface area (Å²) in [7, 11) is 1.79. The van der Waals surface area contributed by atoms with Gasteiger partial charge >= 0.3 is 0 Å². The molecule has 0 spiro atoms. The van der Waals surface area contributed by atoms with Crippen LogP contribution in [-0.2, 0) is 11.8 Å². The van der Waals surface area contributed by atoms with Gasteiger partial charge in [-0.05, 0) is 51.4 Å². The first kappa shape index (κ1) is 20.2. The number of ether oxygens (including phenoxy) is 1. The molecule has 0 atom stereocenters. The molecular weight excluding hydrogens is 354 g/mol. The predicted molar refractivity (Wildman–Crippen MR) is 103 cm³/mol. The van der Waals surface area contributed by atoms with Crippen LogP contribution >= 0.6 is 12.4 Å². The normalized spacial score (nSPS) is 14.6. The fourth-order valence-electron chi connectivity index (χ4n) is 3.03. The summed E-state index contributed by atoms with van der Waals surface area (Å²) in [4.78, 5) is 16.7. The van der Waals surface area contributed by atoms with Gasteiger partial charge in [0.2, 0.25) is 5.95 Å². The standard InChI is InChI=1S/C18H25N5O2.ClH/c1-12-4-5-15(13(2)10-12)25-11-16(24)20-18-21-17(22-23(18)3)14-6-8-19-9-7-14;/h4-5,10,14,19H,6-9,11H2,1-3H3,(H,20,21,22,24);1H. The van der Waals surface area contributed by atoms with Crippen molar-refractivity contribution < 1.29 is 9.53 Å². The number of aromatic nitrogens is 3. The van der Waals surface area contributed by atoms with Crippen molar-refractivity contribution >= 4 is 24.3 Å². The van der Waals surface area contributed by atoms with E-state index in [0.717, 1.165) is 37.3 Å². The van der Waals surface area contributed by atoms with E-state index in [1.807, 2.05) is 32.0 Å². The van der Waals surface area contributed by atoms with Crippen LogP contribution in [0.3, 0.4) is 0 Å². The number of halogens is 1. The lowest BCUT2D eigenvalue weighted by Crippen LogP contribution is -2.27. The Hall–Kier alpha value is -2.12. The molecule has 0 radical (unpaired) electrons. The van der Waals surface area contributed by atoms with Crippen molar-refractivity contribution in [3.8, 4) is 5.75 Å². The van der Waals surface area contributed by atoms with Gasteiger partial charge in [0.25, 0.3) is 5.91 Å². The number of rotatable bonds is 5. The molecule has 0 saturated carbocycles. The SMILES string of the molecule is Cc1ccc(OCC(=O)Nc2nc(C3CCNCC3)nn2C)c(C)c1.Cl. The van der Waals surface area contributed by atoms with Gasteiger partial charge in [-0.1, -0.05) is 17.7 Å². The summed E-state index contributed by atoms with van der Waals surface area (Å²) in [5, 5.41) is 10.6. The molecule has 1 fully saturated rings. The smallest absolute Gasteiger partial charge is 0.264 e. The van der Waals surface area contributed by atoms with Gasteiger partial charge < -0.3 is 10.1 Å². The molecule has 1 aromatic carbocycles. The molecule has 142 valence electrons. The van der Waals surface area contributed by atoms with E-state index in [4.69, 9.17) is 4.74 Å². The Balaban J connectivity index is 0.00000243. The minimum atomic E-state index is -0.243. The summed E-state index contributed by atoms with van der Waals surface area (Å²) in [5.41, 5.74) is 2.18. The molecule has 26 heavy (non-hydrogen) atoms. The van der Waals surface area contributed by atoms with E-state index in [1.165, 1.54) is 5.56 Å². The molecule has 1 amide bonds. The van der Waals surface area contributed by atoms with E-state index in [2.05, 4.69) is 20.7 Å². The van der Waals surface area contributed by atoms with Crippen LogP contribution in [0.1, 0.15) is 35.7 Å². The minimum Gasteiger partial charge on any atom is -0.483 e. The van der Waals surface area contributed by atoms with E-state index in [0.29, 0.717) is 17.6 Å². The summed E-state index contributed by atoms with van der Waals surface area (Å²) in [5.74, 6) is 2.09. The zero-order chi connectivity index (χ0) is 17.8. The number of carbonyl (C=O) groups is 1. The largest absolute Gasteiger partial charge is 0.483 e. The quantitative estimate of drug-likeness (QED) is 0.833. The van der Waals surface area contributed by atoms with Gasteiger partial charge in [-0.2, -0.15) is 10.1 Å². The third-order valence-electron chi connectivity index (χ3n) is 4.42. The van der Waals surface area contributed by atoms with Gasteiger partial charge in [-0.25, -0.2) is 4.68 Å². The molecule has 2 aromatic rings. The lowest BCUT2D eigenvalue weighted by molar-refractivity contribution is -0.118. The van der Waals surface area contributed by atoms with Crippen molar-refractivity contribution in [3.63, 3.8) is 0 Å². The average molecular weight is 380 g/mol. The van der Waals surface area contributed by atoms with Gasteiger partial charge in [-0.15, -0.1) is 12.4 Å². The number of benzene rings is 1. The second-order valence-corrected chi connectivity index (χ2v) is 6.55. The number of aryl methyl sites for hydroxylation is 3. The maximum atomic E-state index is 12.2. The summed E-state index contributed by atoms with van der Waals surface area (Å²) in [6.45, 7) is 5.90. The number of nitrogens with zero attached hydrogens (tertiary/aromatic N) is 3. The molecule has 8 heteroatoms. The molecule has 1 aromatic heterocycles. The van der Waals surface area contributed by atoms with Crippen molar-refractivity contribution in [2.24, 2.45) is 7.05 Å². The summed E-state index contributed by atoms with van der Waals surface area (Å²) >= 11 is 0. The lowest BCUT2D eigenvalue weighted by atomic mass is 9.98. The molecule has 0 bridgehead atoms. The van der Waals surface area contributed by atoms with Crippen molar-refractivity contribution in [1.82, 2.24) is 20.1 Å². The average Bonchev–Trinajstić information content (AvgIpc) is 2.95. The molecule has 1 saturated heterocycles. The fourth-order valence-corrected chi connectivity index (χ4v) is 3.03. The van der Waals surface area contributed by atoms with Crippen LogP contribution in [0.2, 0.25) is 0 Å². The highest BCUT2D eigenvalue weighted by atomic mass is 35.5. The number of nitrogens with one attached hydrogen (secondary N) is 2. The van der Waals surface area contributed by atoms with Crippen LogP contribution in [-0.4, -0.2) is 40.4 Å². The Kier molecular flexibility index (Phi) is 6.99. The third-order valence-corrected chi connectivity index (χ3v) is 4.42. The van der Waals surface area contributed by atoms with Crippen molar-refractivity contribution in [2.45, 2.75) is 32.6 Å². The van der Waals surface area contributed by atoms with E-state index >= 15 is 0 Å². The molecule has 0 unspecified atom stereocenters. The van der Waals surface area contributed by atoms with Gasteiger partial charge in [0.05, 0.1) is 0 Å². The summed E-state index contributed by atoms with van der Waals surface area (Å²) in [6.07, 6.45) is 2.04. The second-order valence-electron chi connectivity index (χ2n) is 6.55. The first-order valence-electron chi connectivity index (χ1n) is 8.64. The maximum absolute atomic E-state index is 12.2. The Morgan fingerprint density at radius 3 is 2.77 bits per heavy atom. The van der Waals surface area contributed by atoms with Crippen LogP contribution in [0.15, 0.2) is 18.2 Å². The van der Waals surface area contributed by atoms with Crippen molar-refractivity contribution in [3.05, 3.63) is 35.2 Å². The van der Waals surface area contributed by atoms with E-state index in [9.17, 15) is 4.79 Å². The zero-order valence-corrected chi connectivity index (χ0v) is 16.2. The van der Waals surface area contributed by atoms with Crippen LogP contribution in [0, 0.1) is 13.8 Å². The van der Waals surface area contributed by atoms with E-state index in [-0.39, 0.29) is 24.9 Å². The molecule has 2 N–H and O–H groups in total. The van der Waals surface area contributed by atoms with Crippen molar-refractivity contribution in [1.29, 1.82) is 0 Å². The van der Waals surface area contributed by atoms with Gasteiger partial charge in [-0.3, -0.25) is 10.1 Å². The molecular formula is C18H26ClN5O2. The number of piperidine rings is 1. The number of amides is 1. The third kappa shape index (κ3) is 4.95. The van der Waals surface area contributed by atoms with Crippen LogP contribution < -0.4 is 15.4 Å². The summed E-state index contributed by atoms with van der Waals surface area (Å²) < 4.78 is 7.23. The van der Waals surface area contributed by atoms with Crippen LogP contribution in [0.5, 0.6) is 5.75 Å². The Morgan fingerprint density at radius 1 is 1.35 bits per heavy atom. The van der Waals surface area contributed by atoms with E-state index < -0.39 is 0 Å². The fraction of sp³-hybridized carbons (Fsp3) is 0.500. The monoisotopic (exact) mass is 379 g/mol. The summed E-state index contributed by atoms with van der Waals surface area (Å²) in [6, 6.07) is 5.88. The van der Waals surface area contributed by atoms with Crippen LogP contribution in [0.25, 0.3) is 0 Å². The van der Waals surface area contributed by atoms with Gasteiger partial charge in [0.15, 0.2) is 12.4 Å². The number of anilines is 1. The molecule has 2 heterocycles. The molecule has 0 aliphatic carbocycles. The minimum absolute atomic E-state index is 0. The molecule has 1 aliphatic heterocycles. The highest BCUT2D eigenvalue weighted by molar-refractivity contribution is 5.90. The second kappa shape index (κ2) is 9.00. The predicted octanol–water partition coefficient (Wildman–Crippen LogP) is 2.34. The first-order valence-corrected chi connectivity index (χ1v) is 8.64. The molecule has 7 nitrogen and oxygen atoms in total. The maximum Gasteiger partial charge on any atom is 0.264 e. The Bertz CT molecular complexity index is 756. The van der Waals surface area contributed by atoms with Gasteiger partial charge in [0.1, 0.15) is 5.75 Å². The zero-order valence-electron chi connectivity index (χ0n) is 15.4.